The third-order valence-electron chi connectivity index (χ3n) is 2.57. The third-order valence-corrected chi connectivity index (χ3v) is 2.57. The van der Waals surface area contributed by atoms with E-state index in [4.69, 9.17) is 5.73 Å². The van der Waals surface area contributed by atoms with E-state index in [-0.39, 0.29) is 11.6 Å². The molecule has 0 radical (unpaired) electrons. The fraction of sp³-hybridized carbons (Fsp3) is 0.500. The van der Waals surface area contributed by atoms with Crippen LogP contribution in [0.15, 0.2) is 28.3 Å². The van der Waals surface area contributed by atoms with E-state index in [0.717, 1.165) is 18.7 Å². The number of hydrogen-bond donors (Lipinski definition) is 2. The van der Waals surface area contributed by atoms with Crippen molar-refractivity contribution in [3.05, 3.63) is 23.4 Å². The first-order valence-electron chi connectivity index (χ1n) is 4.94. The highest BCUT2D eigenvalue weighted by molar-refractivity contribution is 5.67. The minimum atomic E-state index is 0.138. The number of nitrogens with two attached hydrogens (primary N) is 1. The van der Waals surface area contributed by atoms with Crippen molar-refractivity contribution in [3.63, 3.8) is 0 Å². The molecule has 0 amide bonds. The molecule has 0 aromatic carbocycles. The summed E-state index contributed by atoms with van der Waals surface area (Å²) < 4.78 is 0. The van der Waals surface area contributed by atoms with E-state index >= 15 is 0 Å². The lowest BCUT2D eigenvalue weighted by Gasteiger charge is -2.16. The zero-order chi connectivity index (χ0) is 9.97. The molecule has 14 heavy (non-hydrogen) atoms. The van der Waals surface area contributed by atoms with Gasteiger partial charge in [-0.1, -0.05) is 0 Å². The van der Waals surface area contributed by atoms with E-state index in [1.165, 1.54) is 12.8 Å². The Hall–Kier alpha value is -1.45. The Balaban J connectivity index is 2.14. The zero-order valence-corrected chi connectivity index (χ0v) is 8.11. The Morgan fingerprint density at radius 3 is 2.86 bits per heavy atom. The average Bonchev–Trinajstić information content (AvgIpc) is 2.66. The van der Waals surface area contributed by atoms with Gasteiger partial charge >= 0.3 is 0 Å². The summed E-state index contributed by atoms with van der Waals surface area (Å²) >= 11 is 0. The molecule has 4 heteroatoms. The van der Waals surface area contributed by atoms with Gasteiger partial charge in [-0.05, 0) is 12.8 Å². The molecule has 2 heterocycles. The normalized spacial score (nSPS) is 25.1. The van der Waals surface area contributed by atoms with Crippen LogP contribution in [-0.4, -0.2) is 29.3 Å². The number of rotatable bonds is 1. The predicted octanol–water partition coefficient (Wildman–Crippen LogP) is 1.13. The van der Waals surface area contributed by atoms with E-state index in [1.54, 1.807) is 6.21 Å². The van der Waals surface area contributed by atoms with Crippen molar-refractivity contribution in [2.45, 2.75) is 19.3 Å². The number of aliphatic imine (C=N–C) groups is 1. The molecule has 0 spiro atoms. The summed E-state index contributed by atoms with van der Waals surface area (Å²) in [5.74, 6) is 0.362. The molecule has 0 aromatic rings. The van der Waals surface area contributed by atoms with E-state index < -0.39 is 0 Å². The minimum absolute atomic E-state index is 0.138. The van der Waals surface area contributed by atoms with Gasteiger partial charge in [0, 0.05) is 37.5 Å². The van der Waals surface area contributed by atoms with E-state index in [0.29, 0.717) is 6.42 Å². The summed E-state index contributed by atoms with van der Waals surface area (Å²) in [5.41, 5.74) is 6.39. The Morgan fingerprint density at radius 2 is 2.14 bits per heavy atom. The van der Waals surface area contributed by atoms with Crippen molar-refractivity contribution in [1.82, 2.24) is 4.90 Å². The van der Waals surface area contributed by atoms with Crippen LogP contribution in [0.25, 0.3) is 0 Å². The van der Waals surface area contributed by atoms with Gasteiger partial charge < -0.3 is 15.7 Å². The number of hydrogen-bond acceptors (Lipinski definition) is 4. The first-order valence-corrected chi connectivity index (χ1v) is 4.94. The van der Waals surface area contributed by atoms with Crippen molar-refractivity contribution >= 4 is 6.21 Å². The Bertz CT molecular complexity index is 311. The van der Waals surface area contributed by atoms with Crippen molar-refractivity contribution in [3.8, 4) is 0 Å². The van der Waals surface area contributed by atoms with Crippen molar-refractivity contribution in [2.24, 2.45) is 10.7 Å². The summed E-state index contributed by atoms with van der Waals surface area (Å²) in [7, 11) is 0. The lowest BCUT2D eigenvalue weighted by atomic mass is 10.1. The second-order valence-corrected chi connectivity index (χ2v) is 3.65. The van der Waals surface area contributed by atoms with E-state index in [1.807, 2.05) is 6.20 Å². The molecule has 2 aliphatic rings. The Morgan fingerprint density at radius 1 is 1.43 bits per heavy atom. The van der Waals surface area contributed by atoms with Crippen LogP contribution >= 0.6 is 0 Å². The standard InChI is InChI=1S/C10H15N3O/c11-10-9(14)8(3-4-12-10)7-13-5-1-2-6-13/h4,7,14H,1-3,5-6,11H2. The summed E-state index contributed by atoms with van der Waals surface area (Å²) in [6.07, 6.45) is 6.87. The van der Waals surface area contributed by atoms with Gasteiger partial charge in [-0.15, -0.1) is 0 Å². The lowest BCUT2D eigenvalue weighted by Crippen LogP contribution is -2.15. The number of aliphatic hydroxyl groups is 1. The van der Waals surface area contributed by atoms with Crippen LogP contribution in [0, 0.1) is 0 Å². The molecule has 3 N–H and O–H groups in total. The molecule has 76 valence electrons. The van der Waals surface area contributed by atoms with Crippen molar-refractivity contribution in [1.29, 1.82) is 0 Å². The zero-order valence-electron chi connectivity index (χ0n) is 8.11. The van der Waals surface area contributed by atoms with E-state index in [9.17, 15) is 5.11 Å². The first kappa shape index (κ1) is 9.12. The monoisotopic (exact) mass is 193 g/mol. The number of aliphatic hydroxyl groups excluding tert-OH is 1. The first-order chi connectivity index (χ1) is 6.77. The summed E-state index contributed by atoms with van der Waals surface area (Å²) in [6, 6.07) is 0. The molecule has 2 rings (SSSR count). The van der Waals surface area contributed by atoms with Gasteiger partial charge in [-0.3, -0.25) is 0 Å². The fourth-order valence-corrected chi connectivity index (χ4v) is 1.77. The highest BCUT2D eigenvalue weighted by Crippen LogP contribution is 2.19. The predicted molar refractivity (Wildman–Crippen MR) is 55.8 cm³/mol. The molecule has 0 unspecified atom stereocenters. The molecular formula is C10H15N3O. The van der Waals surface area contributed by atoms with Crippen molar-refractivity contribution < 1.29 is 5.11 Å². The Labute approximate surface area is 83.4 Å². The van der Waals surface area contributed by atoms with Crippen LogP contribution < -0.4 is 5.73 Å². The molecule has 0 saturated carbocycles. The third kappa shape index (κ3) is 1.73. The van der Waals surface area contributed by atoms with Crippen molar-refractivity contribution in [2.75, 3.05) is 13.1 Å². The second kappa shape index (κ2) is 3.74. The van der Waals surface area contributed by atoms with Gasteiger partial charge in [-0.25, -0.2) is 4.99 Å². The summed E-state index contributed by atoms with van der Waals surface area (Å²) in [5, 5.41) is 9.64. The molecule has 0 bridgehead atoms. The SMILES string of the molecule is NC1=C(O)C(=CN2CCCC2)CC=N1. The minimum Gasteiger partial charge on any atom is -0.504 e. The van der Waals surface area contributed by atoms with Crippen LogP contribution in [0.4, 0.5) is 0 Å². The maximum Gasteiger partial charge on any atom is 0.165 e. The molecule has 1 fully saturated rings. The van der Waals surface area contributed by atoms with Gasteiger partial charge in [-0.2, -0.15) is 0 Å². The molecule has 0 aromatic heterocycles. The molecule has 2 aliphatic heterocycles. The van der Waals surface area contributed by atoms with E-state index in [2.05, 4.69) is 9.89 Å². The van der Waals surface area contributed by atoms with Crippen LogP contribution in [0.1, 0.15) is 19.3 Å². The van der Waals surface area contributed by atoms with Gasteiger partial charge in [0.2, 0.25) is 0 Å². The van der Waals surface area contributed by atoms with Crippen LogP contribution in [0.3, 0.4) is 0 Å². The molecule has 4 nitrogen and oxygen atoms in total. The molecular weight excluding hydrogens is 178 g/mol. The summed E-state index contributed by atoms with van der Waals surface area (Å²) in [6.45, 7) is 2.15. The number of likely N-dealkylation sites (tertiary alicyclic amines) is 1. The molecule has 1 saturated heterocycles. The van der Waals surface area contributed by atoms with Crippen LogP contribution in [0.2, 0.25) is 0 Å². The van der Waals surface area contributed by atoms with Gasteiger partial charge in [0.25, 0.3) is 0 Å². The highest BCUT2D eigenvalue weighted by atomic mass is 16.3. The number of nitrogens with zero attached hydrogens (tertiary/aromatic N) is 2. The number of allylic oxidation sites excluding steroid dienone is 1. The largest absolute Gasteiger partial charge is 0.504 e. The van der Waals surface area contributed by atoms with Gasteiger partial charge in [0.05, 0.1) is 0 Å². The van der Waals surface area contributed by atoms with Gasteiger partial charge in [0.15, 0.2) is 11.6 Å². The lowest BCUT2D eigenvalue weighted by molar-refractivity contribution is 0.401. The summed E-state index contributed by atoms with van der Waals surface area (Å²) in [4.78, 5) is 6.08. The highest BCUT2D eigenvalue weighted by Gasteiger charge is 2.14. The topological polar surface area (TPSA) is 61.9 Å². The van der Waals surface area contributed by atoms with Gasteiger partial charge in [0.1, 0.15) is 0 Å². The average molecular weight is 193 g/mol. The molecule has 0 atom stereocenters. The second-order valence-electron chi connectivity index (χ2n) is 3.65. The fourth-order valence-electron chi connectivity index (χ4n) is 1.77. The molecule has 0 aliphatic carbocycles. The maximum atomic E-state index is 9.64. The van der Waals surface area contributed by atoms with Crippen LogP contribution in [-0.2, 0) is 0 Å². The smallest absolute Gasteiger partial charge is 0.165 e. The quantitative estimate of drug-likeness (QED) is 0.656. The van der Waals surface area contributed by atoms with Crippen LogP contribution in [0.5, 0.6) is 0 Å². The maximum absolute atomic E-state index is 9.64. The Kier molecular flexibility index (Phi) is 2.43.